The number of carbonyl (C=O) groups excluding carboxylic acids is 1. The summed E-state index contributed by atoms with van der Waals surface area (Å²) in [6, 6.07) is 7.84. The summed E-state index contributed by atoms with van der Waals surface area (Å²) in [4.78, 5) is 27.4. The average Bonchev–Trinajstić information content (AvgIpc) is 2.91. The van der Waals surface area contributed by atoms with Gasteiger partial charge in [-0.2, -0.15) is 9.61 Å². The predicted molar refractivity (Wildman–Crippen MR) is 112 cm³/mol. The van der Waals surface area contributed by atoms with Gasteiger partial charge in [0.25, 0.3) is 11.3 Å². The maximum absolute atomic E-state index is 12.4. The second-order valence-electron chi connectivity index (χ2n) is 7.43. The first-order valence-corrected chi connectivity index (χ1v) is 10.9. The van der Waals surface area contributed by atoms with E-state index in [1.807, 2.05) is 31.2 Å². The van der Waals surface area contributed by atoms with Crippen LogP contribution in [0.1, 0.15) is 44.1 Å². The fourth-order valence-corrected chi connectivity index (χ4v) is 4.24. The largest absolute Gasteiger partial charge is 0.353 e. The summed E-state index contributed by atoms with van der Waals surface area (Å²) in [7, 11) is 0. The number of H-pyrrole nitrogens is 1. The van der Waals surface area contributed by atoms with Gasteiger partial charge in [0, 0.05) is 11.6 Å². The molecule has 1 aromatic carbocycles. The first kappa shape index (κ1) is 19.6. The van der Waals surface area contributed by atoms with Gasteiger partial charge >= 0.3 is 0 Å². The maximum Gasteiger partial charge on any atom is 0.279 e. The molecule has 0 atom stereocenters. The normalized spacial score (nSPS) is 15.3. The lowest BCUT2D eigenvalue weighted by Gasteiger charge is -2.15. The molecule has 152 valence electrons. The van der Waals surface area contributed by atoms with E-state index < -0.39 is 0 Å². The Morgan fingerprint density at radius 2 is 1.90 bits per heavy atom. The van der Waals surface area contributed by atoms with Gasteiger partial charge < -0.3 is 5.32 Å². The number of benzene rings is 1. The third-order valence-corrected chi connectivity index (χ3v) is 6.05. The molecule has 2 heterocycles. The highest BCUT2D eigenvalue weighted by Crippen LogP contribution is 2.19. The molecular formula is C20H24N6O2S. The van der Waals surface area contributed by atoms with Crippen LogP contribution in [0.3, 0.4) is 0 Å². The van der Waals surface area contributed by atoms with Crippen molar-refractivity contribution in [3.63, 3.8) is 0 Å². The standard InChI is InChI=1S/C20H24N6O2S/c1-13-8-10-14(11-9-13)17-18(28)22-19-23-24-20(26(19)25-17)29-12-16(27)21-15-6-4-2-3-5-7-15/h8-11,15H,2-7,12H2,1H3,(H,21,27)(H,22,23,28). The number of carbonyl (C=O) groups is 1. The van der Waals surface area contributed by atoms with E-state index in [0.717, 1.165) is 24.0 Å². The minimum Gasteiger partial charge on any atom is -0.353 e. The highest BCUT2D eigenvalue weighted by atomic mass is 32.2. The molecule has 2 N–H and O–H groups in total. The second-order valence-corrected chi connectivity index (χ2v) is 8.37. The van der Waals surface area contributed by atoms with E-state index in [0.29, 0.717) is 10.9 Å². The molecule has 4 rings (SSSR count). The van der Waals surface area contributed by atoms with E-state index in [1.54, 1.807) is 0 Å². The van der Waals surface area contributed by atoms with Crippen LogP contribution in [0.15, 0.2) is 34.2 Å². The molecule has 29 heavy (non-hydrogen) atoms. The number of hydrogen-bond acceptors (Lipinski definition) is 6. The molecule has 8 nitrogen and oxygen atoms in total. The topological polar surface area (TPSA) is 105 Å². The number of aromatic nitrogens is 5. The first-order chi connectivity index (χ1) is 14.1. The van der Waals surface area contributed by atoms with Crippen molar-refractivity contribution in [3.8, 4) is 11.3 Å². The molecule has 0 bridgehead atoms. The Morgan fingerprint density at radius 3 is 2.62 bits per heavy atom. The summed E-state index contributed by atoms with van der Waals surface area (Å²) in [6.45, 7) is 1.99. The fourth-order valence-electron chi connectivity index (χ4n) is 3.55. The maximum atomic E-state index is 12.4. The van der Waals surface area contributed by atoms with Crippen LogP contribution >= 0.6 is 11.8 Å². The molecule has 1 aliphatic carbocycles. The monoisotopic (exact) mass is 412 g/mol. The Balaban J connectivity index is 1.49. The van der Waals surface area contributed by atoms with E-state index in [2.05, 4.69) is 25.6 Å². The van der Waals surface area contributed by atoms with Crippen LogP contribution in [0.4, 0.5) is 0 Å². The number of hydrogen-bond donors (Lipinski definition) is 2. The van der Waals surface area contributed by atoms with E-state index >= 15 is 0 Å². The van der Waals surface area contributed by atoms with Crippen LogP contribution in [0.5, 0.6) is 0 Å². The van der Waals surface area contributed by atoms with Crippen molar-refractivity contribution in [2.24, 2.45) is 0 Å². The molecule has 0 aliphatic heterocycles. The highest BCUT2D eigenvalue weighted by molar-refractivity contribution is 7.99. The van der Waals surface area contributed by atoms with Crippen LogP contribution in [0.25, 0.3) is 17.0 Å². The zero-order valence-electron chi connectivity index (χ0n) is 16.4. The molecule has 9 heteroatoms. The highest BCUT2D eigenvalue weighted by Gasteiger charge is 2.17. The molecule has 0 saturated heterocycles. The summed E-state index contributed by atoms with van der Waals surface area (Å²) in [5.74, 6) is 0.484. The molecule has 2 aromatic heterocycles. The van der Waals surface area contributed by atoms with Crippen molar-refractivity contribution in [1.29, 1.82) is 0 Å². The fraction of sp³-hybridized carbons (Fsp3) is 0.450. The quantitative estimate of drug-likeness (QED) is 0.493. The van der Waals surface area contributed by atoms with E-state index in [4.69, 9.17) is 0 Å². The number of thioether (sulfide) groups is 1. The third kappa shape index (κ3) is 4.67. The number of rotatable bonds is 5. The molecule has 3 aromatic rings. The molecule has 0 radical (unpaired) electrons. The molecule has 0 spiro atoms. The number of amides is 1. The Kier molecular flexibility index (Phi) is 5.94. The SMILES string of the molecule is Cc1ccc(-c2nn3c(SCC(=O)NC4CCCCCC4)nnc3[nH]c2=O)cc1. The first-order valence-electron chi connectivity index (χ1n) is 9.95. The second kappa shape index (κ2) is 8.77. The Bertz CT molecular complexity index is 1050. The van der Waals surface area contributed by atoms with Crippen LogP contribution in [0, 0.1) is 6.92 Å². The Labute approximate surface area is 172 Å². The van der Waals surface area contributed by atoms with Crippen molar-refractivity contribution >= 4 is 23.4 Å². The van der Waals surface area contributed by atoms with Crippen molar-refractivity contribution in [1.82, 2.24) is 30.1 Å². The molecule has 0 unspecified atom stereocenters. The van der Waals surface area contributed by atoms with Gasteiger partial charge in [0.1, 0.15) is 0 Å². The van der Waals surface area contributed by atoms with Crippen molar-refractivity contribution in [3.05, 3.63) is 40.2 Å². The van der Waals surface area contributed by atoms with Crippen molar-refractivity contribution < 1.29 is 4.79 Å². The molecule has 1 saturated carbocycles. The van der Waals surface area contributed by atoms with Gasteiger partial charge in [0.15, 0.2) is 5.69 Å². The van der Waals surface area contributed by atoms with Gasteiger partial charge in [0.05, 0.1) is 5.75 Å². The summed E-state index contributed by atoms with van der Waals surface area (Å²) in [5, 5.41) is 16.1. The average molecular weight is 413 g/mol. The number of nitrogens with zero attached hydrogens (tertiary/aromatic N) is 4. The van der Waals surface area contributed by atoms with Crippen LogP contribution in [0.2, 0.25) is 0 Å². The molecule has 1 aliphatic rings. The number of nitrogens with one attached hydrogen (secondary N) is 2. The third-order valence-electron chi connectivity index (χ3n) is 5.13. The van der Waals surface area contributed by atoms with Crippen LogP contribution in [-0.2, 0) is 4.79 Å². The van der Waals surface area contributed by atoms with Gasteiger partial charge in [-0.05, 0) is 19.8 Å². The van der Waals surface area contributed by atoms with Crippen molar-refractivity contribution in [2.75, 3.05) is 5.75 Å². The van der Waals surface area contributed by atoms with Gasteiger partial charge in [-0.25, -0.2) is 0 Å². The van der Waals surface area contributed by atoms with Crippen LogP contribution in [-0.4, -0.2) is 42.5 Å². The van der Waals surface area contributed by atoms with Gasteiger partial charge in [-0.1, -0.05) is 67.3 Å². The number of aryl methyl sites for hydroxylation is 1. The Morgan fingerprint density at radius 1 is 1.17 bits per heavy atom. The summed E-state index contributed by atoms with van der Waals surface area (Å²) in [6.07, 6.45) is 6.94. The smallest absolute Gasteiger partial charge is 0.279 e. The van der Waals surface area contributed by atoms with E-state index in [-0.39, 0.29) is 29.0 Å². The van der Waals surface area contributed by atoms with E-state index in [9.17, 15) is 9.59 Å². The summed E-state index contributed by atoms with van der Waals surface area (Å²) in [5.41, 5.74) is 1.79. The van der Waals surface area contributed by atoms with Crippen LogP contribution < -0.4 is 10.9 Å². The summed E-state index contributed by atoms with van der Waals surface area (Å²) >= 11 is 1.26. The lowest BCUT2D eigenvalue weighted by molar-refractivity contribution is -0.119. The summed E-state index contributed by atoms with van der Waals surface area (Å²) < 4.78 is 1.49. The lowest BCUT2D eigenvalue weighted by Crippen LogP contribution is -2.35. The van der Waals surface area contributed by atoms with Gasteiger partial charge in [-0.3, -0.25) is 14.6 Å². The molecule has 1 fully saturated rings. The van der Waals surface area contributed by atoms with Gasteiger partial charge in [-0.15, -0.1) is 10.2 Å². The number of fused-ring (bicyclic) bond motifs is 1. The zero-order chi connectivity index (χ0) is 20.2. The van der Waals surface area contributed by atoms with Gasteiger partial charge in [0.2, 0.25) is 11.1 Å². The lowest BCUT2D eigenvalue weighted by atomic mass is 10.1. The number of aromatic amines is 1. The van der Waals surface area contributed by atoms with E-state index in [1.165, 1.54) is 42.0 Å². The minimum absolute atomic E-state index is 0.0122. The predicted octanol–water partition coefficient (Wildman–Crippen LogP) is 2.72. The molecular weight excluding hydrogens is 388 g/mol. The van der Waals surface area contributed by atoms with Crippen molar-refractivity contribution in [2.45, 2.75) is 56.6 Å². The minimum atomic E-state index is -0.323. The molecule has 1 amide bonds. The Hall–Kier alpha value is -2.68. The zero-order valence-corrected chi connectivity index (χ0v) is 17.2.